The lowest BCUT2D eigenvalue weighted by Gasteiger charge is -2.14. The Hall–Kier alpha value is -2.23. The van der Waals surface area contributed by atoms with E-state index in [0.717, 1.165) is 12.1 Å². The second-order valence-corrected chi connectivity index (χ2v) is 6.95. The average Bonchev–Trinajstić information content (AvgIpc) is 2.45. The third kappa shape index (κ3) is 6.90. The predicted octanol–water partition coefficient (Wildman–Crippen LogP) is 0.595. The van der Waals surface area contributed by atoms with Gasteiger partial charge in [-0.2, -0.15) is 0 Å². The number of sulfonamides is 1. The number of benzene rings is 1. The van der Waals surface area contributed by atoms with Gasteiger partial charge in [-0.1, -0.05) is 6.92 Å². The van der Waals surface area contributed by atoms with Crippen molar-refractivity contribution in [3.8, 4) is 0 Å². The SMILES string of the molecule is CC(=O)NCCNC(=O)C(C)CS(=O)(=O)Nc1ccc(F)cc1F. The van der Waals surface area contributed by atoms with Gasteiger partial charge in [0.25, 0.3) is 0 Å². The Bertz CT molecular complexity index is 710. The van der Waals surface area contributed by atoms with Crippen LogP contribution in [0.1, 0.15) is 13.8 Å². The first-order chi connectivity index (χ1) is 11.1. The van der Waals surface area contributed by atoms with Gasteiger partial charge in [-0.15, -0.1) is 0 Å². The minimum Gasteiger partial charge on any atom is -0.355 e. The standard InChI is InChI=1S/C14H19F2N3O4S/c1-9(14(21)18-6-5-17-10(2)20)8-24(22,23)19-13-4-3-11(15)7-12(13)16/h3-4,7,9,19H,5-6,8H2,1-2H3,(H,17,20)(H,18,21). The number of halogens is 2. The van der Waals surface area contributed by atoms with Crippen molar-refractivity contribution in [3.05, 3.63) is 29.8 Å². The lowest BCUT2D eigenvalue weighted by Crippen LogP contribution is -2.38. The van der Waals surface area contributed by atoms with Gasteiger partial charge < -0.3 is 10.6 Å². The minimum absolute atomic E-state index is 0.156. The minimum atomic E-state index is -4.00. The van der Waals surface area contributed by atoms with Crippen LogP contribution in [0.15, 0.2) is 18.2 Å². The number of carbonyl (C=O) groups is 2. The molecule has 2 amide bonds. The summed E-state index contributed by atoms with van der Waals surface area (Å²) in [5, 5.41) is 4.95. The van der Waals surface area contributed by atoms with Crippen LogP contribution in [0, 0.1) is 17.6 Å². The summed E-state index contributed by atoms with van der Waals surface area (Å²) in [6.45, 7) is 3.10. The molecule has 0 aliphatic rings. The lowest BCUT2D eigenvalue weighted by atomic mass is 10.2. The van der Waals surface area contributed by atoms with Crippen LogP contribution in [-0.4, -0.2) is 39.1 Å². The van der Waals surface area contributed by atoms with Gasteiger partial charge in [0.1, 0.15) is 11.6 Å². The molecule has 3 N–H and O–H groups in total. The molecule has 1 rings (SSSR count). The molecule has 1 aromatic carbocycles. The molecule has 1 unspecified atom stereocenters. The number of nitrogens with one attached hydrogen (secondary N) is 3. The maximum Gasteiger partial charge on any atom is 0.233 e. The first-order valence-corrected chi connectivity index (χ1v) is 8.73. The lowest BCUT2D eigenvalue weighted by molar-refractivity contribution is -0.124. The molecule has 0 heterocycles. The summed E-state index contributed by atoms with van der Waals surface area (Å²) < 4.78 is 52.2. The molecule has 10 heteroatoms. The maximum absolute atomic E-state index is 13.5. The van der Waals surface area contributed by atoms with Crippen molar-refractivity contribution in [3.63, 3.8) is 0 Å². The largest absolute Gasteiger partial charge is 0.355 e. The van der Waals surface area contributed by atoms with Crippen LogP contribution in [-0.2, 0) is 19.6 Å². The van der Waals surface area contributed by atoms with Crippen molar-refractivity contribution in [2.24, 2.45) is 5.92 Å². The van der Waals surface area contributed by atoms with Crippen molar-refractivity contribution in [1.82, 2.24) is 10.6 Å². The summed E-state index contributed by atoms with van der Waals surface area (Å²) in [6, 6.07) is 2.43. The molecule has 1 atom stereocenters. The van der Waals surface area contributed by atoms with Gasteiger partial charge in [0.2, 0.25) is 21.8 Å². The van der Waals surface area contributed by atoms with Crippen molar-refractivity contribution in [2.75, 3.05) is 23.6 Å². The van der Waals surface area contributed by atoms with Crippen molar-refractivity contribution in [2.45, 2.75) is 13.8 Å². The molecule has 0 radical (unpaired) electrons. The molecule has 134 valence electrons. The Kier molecular flexibility index (Phi) is 7.08. The number of rotatable bonds is 8. The molecule has 0 saturated carbocycles. The normalized spacial score (nSPS) is 12.3. The summed E-state index contributed by atoms with van der Waals surface area (Å²) in [5.41, 5.74) is -0.394. The van der Waals surface area contributed by atoms with Crippen molar-refractivity contribution < 1.29 is 26.8 Å². The van der Waals surface area contributed by atoms with Gasteiger partial charge in [-0.25, -0.2) is 17.2 Å². The van der Waals surface area contributed by atoms with E-state index >= 15 is 0 Å². The topological polar surface area (TPSA) is 104 Å². The average molecular weight is 363 g/mol. The van der Waals surface area contributed by atoms with Crippen LogP contribution < -0.4 is 15.4 Å². The van der Waals surface area contributed by atoms with Gasteiger partial charge in [0.15, 0.2) is 0 Å². The molecular formula is C14H19F2N3O4S. The molecule has 0 aliphatic heterocycles. The Morgan fingerprint density at radius 3 is 2.38 bits per heavy atom. The van der Waals surface area contributed by atoms with E-state index < -0.39 is 44.9 Å². The molecule has 1 aromatic rings. The van der Waals surface area contributed by atoms with Crippen LogP contribution >= 0.6 is 0 Å². The number of hydrogen-bond donors (Lipinski definition) is 3. The van der Waals surface area contributed by atoms with Crippen LogP contribution in [0.2, 0.25) is 0 Å². The van der Waals surface area contributed by atoms with E-state index in [2.05, 4.69) is 10.6 Å². The van der Waals surface area contributed by atoms with Crippen LogP contribution in [0.3, 0.4) is 0 Å². The fourth-order valence-electron chi connectivity index (χ4n) is 1.78. The van der Waals surface area contributed by atoms with Gasteiger partial charge in [-0.3, -0.25) is 14.3 Å². The Labute approximate surface area is 138 Å². The second-order valence-electron chi connectivity index (χ2n) is 5.18. The second kappa shape index (κ2) is 8.57. The Balaban J connectivity index is 2.56. The van der Waals surface area contributed by atoms with Gasteiger partial charge >= 0.3 is 0 Å². The van der Waals surface area contributed by atoms with Crippen molar-refractivity contribution in [1.29, 1.82) is 0 Å². The van der Waals surface area contributed by atoms with E-state index in [-0.39, 0.29) is 19.0 Å². The molecule has 0 spiro atoms. The summed E-state index contributed by atoms with van der Waals surface area (Å²) in [7, 11) is -4.00. The van der Waals surface area contributed by atoms with E-state index in [0.29, 0.717) is 6.07 Å². The monoisotopic (exact) mass is 363 g/mol. The van der Waals surface area contributed by atoms with E-state index in [1.807, 2.05) is 4.72 Å². The fraction of sp³-hybridized carbons (Fsp3) is 0.429. The molecule has 0 aliphatic carbocycles. The van der Waals surface area contributed by atoms with Gasteiger partial charge in [-0.05, 0) is 12.1 Å². The highest BCUT2D eigenvalue weighted by atomic mass is 32.2. The zero-order valence-corrected chi connectivity index (χ0v) is 14.0. The summed E-state index contributed by atoms with van der Waals surface area (Å²) >= 11 is 0. The third-order valence-corrected chi connectivity index (χ3v) is 4.38. The number of amides is 2. The Morgan fingerprint density at radius 2 is 1.79 bits per heavy atom. The summed E-state index contributed by atoms with van der Waals surface area (Å²) in [4.78, 5) is 22.5. The van der Waals surface area contributed by atoms with Crippen LogP contribution in [0.4, 0.5) is 14.5 Å². The van der Waals surface area contributed by atoms with Crippen LogP contribution in [0.5, 0.6) is 0 Å². The zero-order valence-electron chi connectivity index (χ0n) is 13.2. The molecule has 0 fully saturated rings. The van der Waals surface area contributed by atoms with E-state index in [9.17, 15) is 26.8 Å². The molecule has 0 bridgehead atoms. The predicted molar refractivity (Wildman–Crippen MR) is 84.6 cm³/mol. The number of carbonyl (C=O) groups excluding carboxylic acids is 2. The summed E-state index contributed by atoms with van der Waals surface area (Å²) in [6.07, 6.45) is 0. The highest BCUT2D eigenvalue weighted by Crippen LogP contribution is 2.17. The molecule has 24 heavy (non-hydrogen) atoms. The highest BCUT2D eigenvalue weighted by Gasteiger charge is 2.22. The maximum atomic E-state index is 13.5. The van der Waals surface area contributed by atoms with E-state index in [1.54, 1.807) is 0 Å². The molecule has 0 aromatic heterocycles. The number of anilines is 1. The fourth-order valence-corrected chi connectivity index (χ4v) is 3.18. The molecular weight excluding hydrogens is 344 g/mol. The summed E-state index contributed by atoms with van der Waals surface area (Å²) in [5.74, 6) is -4.12. The molecule has 0 saturated heterocycles. The quantitative estimate of drug-likeness (QED) is 0.588. The number of hydrogen-bond acceptors (Lipinski definition) is 4. The third-order valence-electron chi connectivity index (χ3n) is 2.91. The van der Waals surface area contributed by atoms with Crippen molar-refractivity contribution >= 4 is 27.5 Å². The highest BCUT2D eigenvalue weighted by molar-refractivity contribution is 7.92. The van der Waals surface area contributed by atoms with Gasteiger partial charge in [0.05, 0.1) is 17.4 Å². The first-order valence-electron chi connectivity index (χ1n) is 7.08. The van der Waals surface area contributed by atoms with Crippen LogP contribution in [0.25, 0.3) is 0 Å². The first kappa shape index (κ1) is 19.8. The van der Waals surface area contributed by atoms with E-state index in [4.69, 9.17) is 0 Å². The Morgan fingerprint density at radius 1 is 1.17 bits per heavy atom. The zero-order chi connectivity index (χ0) is 18.3. The van der Waals surface area contributed by atoms with E-state index in [1.165, 1.54) is 13.8 Å². The van der Waals surface area contributed by atoms with Gasteiger partial charge in [0, 0.05) is 26.1 Å². The molecule has 7 nitrogen and oxygen atoms in total. The smallest absolute Gasteiger partial charge is 0.233 e.